The summed E-state index contributed by atoms with van der Waals surface area (Å²) < 4.78 is 6.29. The number of ether oxygens (including phenoxy) is 1. The minimum atomic E-state index is 0.191. The first-order valence-electron chi connectivity index (χ1n) is 7.19. The summed E-state index contributed by atoms with van der Waals surface area (Å²) in [4.78, 5) is 0. The minimum Gasteiger partial charge on any atom is -0.369 e. The fourth-order valence-electron chi connectivity index (χ4n) is 2.51. The van der Waals surface area contributed by atoms with Gasteiger partial charge in [0.2, 0.25) is 0 Å². The Balaban J connectivity index is 1.97. The van der Waals surface area contributed by atoms with Crippen LogP contribution in [0.15, 0.2) is 30.3 Å². The summed E-state index contributed by atoms with van der Waals surface area (Å²) in [6, 6.07) is 11.1. The van der Waals surface area contributed by atoms with Crippen molar-refractivity contribution in [1.29, 1.82) is 0 Å². The van der Waals surface area contributed by atoms with Crippen molar-refractivity contribution in [2.45, 2.75) is 57.8 Å². The average Bonchev–Trinajstić information content (AvgIpc) is 2.88. The molecule has 1 aromatic carbocycles. The van der Waals surface area contributed by atoms with E-state index in [2.05, 4.69) is 49.5 Å². The second-order valence-corrected chi connectivity index (χ2v) is 5.50. The van der Waals surface area contributed by atoms with Crippen LogP contribution < -0.4 is 5.32 Å². The van der Waals surface area contributed by atoms with Crippen LogP contribution in [0.3, 0.4) is 0 Å². The molecule has 100 valence electrons. The van der Waals surface area contributed by atoms with Gasteiger partial charge in [-0.3, -0.25) is 0 Å². The van der Waals surface area contributed by atoms with E-state index in [0.29, 0.717) is 12.1 Å². The highest BCUT2D eigenvalue weighted by atomic mass is 16.5. The normalized spacial score (nSPS) is 18.4. The highest BCUT2D eigenvalue weighted by Crippen LogP contribution is 2.27. The Bertz CT molecular complexity index is 330. The van der Waals surface area contributed by atoms with Gasteiger partial charge in [-0.05, 0) is 18.4 Å². The minimum absolute atomic E-state index is 0.191. The molecule has 0 aliphatic heterocycles. The zero-order chi connectivity index (χ0) is 12.8. The van der Waals surface area contributed by atoms with Gasteiger partial charge in [0, 0.05) is 12.6 Å². The number of hydrogen-bond acceptors (Lipinski definition) is 2. The Kier molecular flexibility index (Phi) is 5.21. The summed E-state index contributed by atoms with van der Waals surface area (Å²) in [5.41, 5.74) is 1.29. The Labute approximate surface area is 111 Å². The summed E-state index contributed by atoms with van der Waals surface area (Å²) in [5.74, 6) is 0. The summed E-state index contributed by atoms with van der Waals surface area (Å²) in [6.07, 6.45) is 5.75. The van der Waals surface area contributed by atoms with Crippen molar-refractivity contribution in [2.24, 2.45) is 0 Å². The number of rotatable bonds is 6. The third-order valence-corrected chi connectivity index (χ3v) is 3.54. The van der Waals surface area contributed by atoms with Gasteiger partial charge in [0.1, 0.15) is 0 Å². The van der Waals surface area contributed by atoms with Crippen LogP contribution in [0.25, 0.3) is 0 Å². The molecule has 1 aliphatic rings. The maximum Gasteiger partial charge on any atom is 0.0953 e. The van der Waals surface area contributed by atoms with E-state index in [4.69, 9.17) is 4.74 Å². The van der Waals surface area contributed by atoms with Crippen LogP contribution in [0, 0.1) is 0 Å². The van der Waals surface area contributed by atoms with Gasteiger partial charge in [0.05, 0.1) is 12.2 Å². The first kappa shape index (κ1) is 13.6. The fourth-order valence-corrected chi connectivity index (χ4v) is 2.51. The van der Waals surface area contributed by atoms with E-state index >= 15 is 0 Å². The van der Waals surface area contributed by atoms with Crippen molar-refractivity contribution in [3.8, 4) is 0 Å². The zero-order valence-electron chi connectivity index (χ0n) is 11.6. The molecular weight excluding hydrogens is 222 g/mol. The van der Waals surface area contributed by atoms with Crippen molar-refractivity contribution in [3.63, 3.8) is 0 Å². The highest BCUT2D eigenvalue weighted by Gasteiger charge is 2.21. The maximum atomic E-state index is 6.29. The standard InChI is InChI=1S/C16H25NO/c1-13(2)17-12-16(14-8-4-3-5-9-14)18-15-10-6-7-11-15/h3-5,8-9,13,15-17H,6-7,10-12H2,1-2H3. The number of benzene rings is 1. The third-order valence-electron chi connectivity index (χ3n) is 3.54. The Morgan fingerprint density at radius 2 is 1.83 bits per heavy atom. The highest BCUT2D eigenvalue weighted by molar-refractivity contribution is 5.18. The summed E-state index contributed by atoms with van der Waals surface area (Å²) in [6.45, 7) is 5.26. The molecule has 0 spiro atoms. The molecule has 2 heteroatoms. The van der Waals surface area contributed by atoms with Gasteiger partial charge in [-0.25, -0.2) is 0 Å². The van der Waals surface area contributed by atoms with Crippen molar-refractivity contribution in [3.05, 3.63) is 35.9 Å². The van der Waals surface area contributed by atoms with Gasteiger partial charge in [0.15, 0.2) is 0 Å². The van der Waals surface area contributed by atoms with E-state index in [-0.39, 0.29) is 6.10 Å². The van der Waals surface area contributed by atoms with Crippen molar-refractivity contribution >= 4 is 0 Å². The topological polar surface area (TPSA) is 21.3 Å². The molecule has 0 heterocycles. The van der Waals surface area contributed by atoms with Crippen LogP contribution in [0.5, 0.6) is 0 Å². The van der Waals surface area contributed by atoms with Crippen LogP contribution >= 0.6 is 0 Å². The first-order chi connectivity index (χ1) is 8.75. The molecular formula is C16H25NO. The molecule has 18 heavy (non-hydrogen) atoms. The molecule has 0 radical (unpaired) electrons. The van der Waals surface area contributed by atoms with Gasteiger partial charge in [-0.2, -0.15) is 0 Å². The predicted molar refractivity (Wildman–Crippen MR) is 75.7 cm³/mol. The number of hydrogen-bond donors (Lipinski definition) is 1. The molecule has 1 saturated carbocycles. The summed E-state index contributed by atoms with van der Waals surface area (Å²) >= 11 is 0. The van der Waals surface area contributed by atoms with Crippen LogP contribution in [-0.4, -0.2) is 18.7 Å². The quantitative estimate of drug-likeness (QED) is 0.828. The maximum absolute atomic E-state index is 6.29. The lowest BCUT2D eigenvalue weighted by Crippen LogP contribution is -2.30. The Morgan fingerprint density at radius 3 is 2.44 bits per heavy atom. The Hall–Kier alpha value is -0.860. The third kappa shape index (κ3) is 4.11. The summed E-state index contributed by atoms with van der Waals surface area (Å²) in [7, 11) is 0. The van der Waals surface area contributed by atoms with Crippen LogP contribution in [0.4, 0.5) is 0 Å². The first-order valence-corrected chi connectivity index (χ1v) is 7.19. The molecule has 1 fully saturated rings. The Morgan fingerprint density at radius 1 is 1.17 bits per heavy atom. The van der Waals surface area contributed by atoms with E-state index in [1.54, 1.807) is 0 Å². The molecule has 1 N–H and O–H groups in total. The van der Waals surface area contributed by atoms with Crippen molar-refractivity contribution < 1.29 is 4.74 Å². The predicted octanol–water partition coefficient (Wildman–Crippen LogP) is 3.68. The molecule has 1 aliphatic carbocycles. The zero-order valence-corrected chi connectivity index (χ0v) is 11.6. The molecule has 1 atom stereocenters. The molecule has 1 unspecified atom stereocenters. The van der Waals surface area contributed by atoms with E-state index in [1.165, 1.54) is 31.2 Å². The van der Waals surface area contributed by atoms with Gasteiger partial charge < -0.3 is 10.1 Å². The molecule has 0 amide bonds. The summed E-state index contributed by atoms with van der Waals surface area (Å²) in [5, 5.41) is 3.49. The van der Waals surface area contributed by atoms with E-state index in [1.807, 2.05) is 0 Å². The van der Waals surface area contributed by atoms with Crippen LogP contribution in [-0.2, 0) is 4.74 Å². The lowest BCUT2D eigenvalue weighted by atomic mass is 10.1. The molecule has 2 rings (SSSR count). The monoisotopic (exact) mass is 247 g/mol. The second-order valence-electron chi connectivity index (χ2n) is 5.50. The van der Waals surface area contributed by atoms with Crippen molar-refractivity contribution in [1.82, 2.24) is 5.32 Å². The van der Waals surface area contributed by atoms with Gasteiger partial charge in [-0.15, -0.1) is 0 Å². The molecule has 0 aromatic heterocycles. The van der Waals surface area contributed by atoms with Gasteiger partial charge in [0.25, 0.3) is 0 Å². The largest absolute Gasteiger partial charge is 0.369 e. The molecule has 0 saturated heterocycles. The SMILES string of the molecule is CC(C)NCC(OC1CCCC1)c1ccccc1. The van der Waals surface area contributed by atoms with E-state index < -0.39 is 0 Å². The second kappa shape index (κ2) is 6.91. The lowest BCUT2D eigenvalue weighted by molar-refractivity contribution is -0.00957. The molecule has 1 aromatic rings. The average molecular weight is 247 g/mol. The van der Waals surface area contributed by atoms with Gasteiger partial charge >= 0.3 is 0 Å². The van der Waals surface area contributed by atoms with E-state index in [0.717, 1.165) is 6.54 Å². The van der Waals surface area contributed by atoms with Crippen LogP contribution in [0.1, 0.15) is 51.2 Å². The number of nitrogens with one attached hydrogen (secondary N) is 1. The van der Waals surface area contributed by atoms with E-state index in [9.17, 15) is 0 Å². The van der Waals surface area contributed by atoms with Crippen LogP contribution in [0.2, 0.25) is 0 Å². The lowest BCUT2D eigenvalue weighted by Gasteiger charge is -2.24. The molecule has 2 nitrogen and oxygen atoms in total. The molecule has 0 bridgehead atoms. The smallest absolute Gasteiger partial charge is 0.0953 e. The van der Waals surface area contributed by atoms with Gasteiger partial charge in [-0.1, -0.05) is 57.0 Å². The fraction of sp³-hybridized carbons (Fsp3) is 0.625. The van der Waals surface area contributed by atoms with Crippen molar-refractivity contribution in [2.75, 3.05) is 6.54 Å².